The fourth-order valence-electron chi connectivity index (χ4n) is 3.01. The molecule has 3 rings (SSSR count). The van der Waals surface area contributed by atoms with Gasteiger partial charge in [0.05, 0.1) is 11.2 Å². The Morgan fingerprint density at radius 3 is 2.94 bits per heavy atom. The molecule has 1 saturated heterocycles. The zero-order chi connectivity index (χ0) is 12.8. The molecule has 0 bridgehead atoms. The SMILES string of the molecule is Cc1ncsc1CN1CC(C)(C2CC2)NCC1C. The molecule has 100 valence electrons. The second-order valence-corrected chi connectivity index (χ2v) is 7.13. The summed E-state index contributed by atoms with van der Waals surface area (Å²) in [6.45, 7) is 10.2. The summed E-state index contributed by atoms with van der Waals surface area (Å²) in [7, 11) is 0. The van der Waals surface area contributed by atoms with Crippen molar-refractivity contribution in [2.24, 2.45) is 5.92 Å². The molecule has 0 aromatic carbocycles. The Hall–Kier alpha value is -0.450. The van der Waals surface area contributed by atoms with E-state index >= 15 is 0 Å². The van der Waals surface area contributed by atoms with Crippen molar-refractivity contribution in [1.29, 1.82) is 0 Å². The smallest absolute Gasteiger partial charge is 0.0798 e. The normalized spacial score (nSPS) is 33.8. The van der Waals surface area contributed by atoms with Crippen molar-refractivity contribution in [3.63, 3.8) is 0 Å². The zero-order valence-corrected chi connectivity index (χ0v) is 12.4. The van der Waals surface area contributed by atoms with Crippen LogP contribution in [-0.2, 0) is 6.54 Å². The average molecular weight is 265 g/mol. The number of thiazole rings is 1. The van der Waals surface area contributed by atoms with Gasteiger partial charge in [-0.1, -0.05) is 0 Å². The molecule has 1 N–H and O–H groups in total. The summed E-state index contributed by atoms with van der Waals surface area (Å²) in [4.78, 5) is 8.43. The Balaban J connectivity index is 1.71. The molecule has 18 heavy (non-hydrogen) atoms. The topological polar surface area (TPSA) is 28.2 Å². The zero-order valence-electron chi connectivity index (χ0n) is 11.6. The van der Waals surface area contributed by atoms with Crippen molar-refractivity contribution < 1.29 is 0 Å². The highest BCUT2D eigenvalue weighted by molar-refractivity contribution is 7.09. The molecular formula is C14H23N3S. The van der Waals surface area contributed by atoms with E-state index in [1.807, 2.05) is 5.51 Å². The number of hydrogen-bond acceptors (Lipinski definition) is 4. The molecule has 2 heterocycles. The Labute approximate surface area is 114 Å². The molecule has 1 aromatic heterocycles. The quantitative estimate of drug-likeness (QED) is 0.909. The van der Waals surface area contributed by atoms with E-state index < -0.39 is 0 Å². The van der Waals surface area contributed by atoms with Crippen molar-refractivity contribution in [2.75, 3.05) is 13.1 Å². The summed E-state index contributed by atoms with van der Waals surface area (Å²) in [5, 5.41) is 3.78. The first-order valence-corrected chi connectivity index (χ1v) is 7.84. The highest BCUT2D eigenvalue weighted by Crippen LogP contribution is 2.41. The van der Waals surface area contributed by atoms with E-state index in [4.69, 9.17) is 0 Å². The van der Waals surface area contributed by atoms with Crippen molar-refractivity contribution in [2.45, 2.75) is 51.7 Å². The molecule has 0 amide bonds. The van der Waals surface area contributed by atoms with Crippen LogP contribution in [0.1, 0.15) is 37.3 Å². The molecule has 2 unspecified atom stereocenters. The minimum absolute atomic E-state index is 0.338. The fourth-order valence-corrected chi connectivity index (χ4v) is 3.81. The lowest BCUT2D eigenvalue weighted by Gasteiger charge is -2.45. The van der Waals surface area contributed by atoms with Crippen LogP contribution >= 0.6 is 11.3 Å². The molecular weight excluding hydrogens is 242 g/mol. The van der Waals surface area contributed by atoms with Gasteiger partial charge < -0.3 is 5.32 Å². The standard InChI is InChI=1S/C14H23N3S/c1-10-6-16-14(3,12-4-5-12)8-17(10)7-13-11(2)15-9-18-13/h9-10,12,16H,4-8H2,1-3H3. The van der Waals surface area contributed by atoms with E-state index in [1.165, 1.54) is 30.0 Å². The van der Waals surface area contributed by atoms with Crippen LogP contribution in [0.4, 0.5) is 0 Å². The number of nitrogens with zero attached hydrogens (tertiary/aromatic N) is 2. The van der Waals surface area contributed by atoms with E-state index in [-0.39, 0.29) is 0 Å². The summed E-state index contributed by atoms with van der Waals surface area (Å²) < 4.78 is 0. The van der Waals surface area contributed by atoms with Gasteiger partial charge in [-0.2, -0.15) is 0 Å². The Morgan fingerprint density at radius 1 is 1.56 bits per heavy atom. The summed E-state index contributed by atoms with van der Waals surface area (Å²) in [6.07, 6.45) is 2.82. The largest absolute Gasteiger partial charge is 0.308 e. The lowest BCUT2D eigenvalue weighted by molar-refractivity contribution is 0.0777. The van der Waals surface area contributed by atoms with E-state index in [2.05, 4.69) is 36.0 Å². The van der Waals surface area contributed by atoms with Gasteiger partial charge in [0.2, 0.25) is 0 Å². The van der Waals surface area contributed by atoms with Crippen molar-refractivity contribution in [3.8, 4) is 0 Å². The minimum Gasteiger partial charge on any atom is -0.308 e. The molecule has 2 aliphatic rings. The number of nitrogens with one attached hydrogen (secondary N) is 1. The number of aromatic nitrogens is 1. The van der Waals surface area contributed by atoms with Gasteiger partial charge >= 0.3 is 0 Å². The third-order valence-electron chi connectivity index (χ3n) is 4.63. The van der Waals surface area contributed by atoms with E-state index in [0.717, 1.165) is 19.0 Å². The van der Waals surface area contributed by atoms with Crippen LogP contribution in [0, 0.1) is 12.8 Å². The van der Waals surface area contributed by atoms with Gasteiger partial charge in [-0.05, 0) is 39.5 Å². The number of aryl methyl sites for hydroxylation is 1. The number of rotatable bonds is 3. The maximum absolute atomic E-state index is 4.37. The maximum atomic E-state index is 4.37. The highest BCUT2D eigenvalue weighted by atomic mass is 32.1. The fraction of sp³-hybridized carbons (Fsp3) is 0.786. The highest BCUT2D eigenvalue weighted by Gasteiger charge is 2.45. The lowest BCUT2D eigenvalue weighted by Crippen LogP contribution is -2.62. The number of hydrogen-bond donors (Lipinski definition) is 1. The summed E-state index contributed by atoms with van der Waals surface area (Å²) in [5.74, 6) is 0.898. The van der Waals surface area contributed by atoms with Crippen molar-refractivity contribution >= 4 is 11.3 Å². The predicted molar refractivity (Wildman–Crippen MR) is 75.9 cm³/mol. The van der Waals surface area contributed by atoms with Gasteiger partial charge in [-0.25, -0.2) is 4.98 Å². The van der Waals surface area contributed by atoms with Crippen LogP contribution in [0.25, 0.3) is 0 Å². The summed E-state index contributed by atoms with van der Waals surface area (Å²) in [6, 6.07) is 0.623. The van der Waals surface area contributed by atoms with Crippen LogP contribution < -0.4 is 5.32 Å². The molecule has 2 fully saturated rings. The van der Waals surface area contributed by atoms with Gasteiger partial charge in [-0.15, -0.1) is 11.3 Å². The van der Waals surface area contributed by atoms with E-state index in [0.29, 0.717) is 11.6 Å². The Bertz CT molecular complexity index is 426. The monoisotopic (exact) mass is 265 g/mol. The average Bonchev–Trinajstić information content (AvgIpc) is 3.12. The lowest BCUT2D eigenvalue weighted by atomic mass is 9.91. The van der Waals surface area contributed by atoms with E-state index in [9.17, 15) is 0 Å². The molecule has 4 heteroatoms. The molecule has 2 atom stereocenters. The van der Waals surface area contributed by atoms with Crippen LogP contribution in [-0.4, -0.2) is 34.6 Å². The van der Waals surface area contributed by atoms with Gasteiger partial charge in [0.15, 0.2) is 0 Å². The van der Waals surface area contributed by atoms with E-state index in [1.54, 1.807) is 11.3 Å². The van der Waals surface area contributed by atoms with Crippen LogP contribution in [0.15, 0.2) is 5.51 Å². The van der Waals surface area contributed by atoms with Crippen LogP contribution in [0.5, 0.6) is 0 Å². The first-order valence-electron chi connectivity index (χ1n) is 6.96. The molecule has 1 aliphatic heterocycles. The number of piperazine rings is 1. The molecule has 1 aliphatic carbocycles. The summed E-state index contributed by atoms with van der Waals surface area (Å²) in [5.41, 5.74) is 3.52. The second kappa shape index (κ2) is 4.58. The van der Waals surface area contributed by atoms with Gasteiger partial charge in [-0.3, -0.25) is 4.90 Å². The predicted octanol–water partition coefficient (Wildman–Crippen LogP) is 2.41. The molecule has 0 radical (unpaired) electrons. The first-order chi connectivity index (χ1) is 8.58. The van der Waals surface area contributed by atoms with Crippen LogP contribution in [0.2, 0.25) is 0 Å². The Kier molecular flexibility index (Phi) is 3.20. The third-order valence-corrected chi connectivity index (χ3v) is 5.55. The van der Waals surface area contributed by atoms with Crippen molar-refractivity contribution in [1.82, 2.24) is 15.2 Å². The van der Waals surface area contributed by atoms with Crippen molar-refractivity contribution in [3.05, 3.63) is 16.1 Å². The van der Waals surface area contributed by atoms with Gasteiger partial charge in [0.25, 0.3) is 0 Å². The second-order valence-electron chi connectivity index (χ2n) is 6.19. The minimum atomic E-state index is 0.338. The molecule has 1 aromatic rings. The maximum Gasteiger partial charge on any atom is 0.0798 e. The molecule has 1 saturated carbocycles. The molecule has 0 spiro atoms. The first kappa shape index (κ1) is 12.6. The third kappa shape index (κ3) is 2.33. The summed E-state index contributed by atoms with van der Waals surface area (Å²) >= 11 is 1.80. The molecule has 3 nitrogen and oxygen atoms in total. The van der Waals surface area contributed by atoms with Crippen LogP contribution in [0.3, 0.4) is 0 Å². The Morgan fingerprint density at radius 2 is 2.33 bits per heavy atom. The van der Waals surface area contributed by atoms with Gasteiger partial charge in [0, 0.05) is 36.1 Å². The van der Waals surface area contributed by atoms with Gasteiger partial charge in [0.1, 0.15) is 0 Å².